The molecule has 0 amide bonds. The molecule has 1 N–H and O–H groups in total. The van der Waals surface area contributed by atoms with Crippen molar-refractivity contribution in [2.24, 2.45) is 5.92 Å². The molecule has 0 bridgehead atoms. The van der Waals surface area contributed by atoms with Crippen LogP contribution >= 0.6 is 0 Å². The van der Waals surface area contributed by atoms with E-state index in [0.29, 0.717) is 29.8 Å². The van der Waals surface area contributed by atoms with E-state index < -0.39 is 5.97 Å². The molecule has 17 heavy (non-hydrogen) atoms. The van der Waals surface area contributed by atoms with Gasteiger partial charge in [0.2, 0.25) is 0 Å². The first kappa shape index (κ1) is 12.0. The van der Waals surface area contributed by atoms with Crippen molar-refractivity contribution in [1.82, 2.24) is 0 Å². The van der Waals surface area contributed by atoms with Crippen LogP contribution in [-0.4, -0.2) is 17.7 Å². The molecular weight excluding hydrogens is 216 g/mol. The van der Waals surface area contributed by atoms with Crippen LogP contribution in [0.3, 0.4) is 0 Å². The van der Waals surface area contributed by atoms with Crippen molar-refractivity contribution in [2.75, 3.05) is 6.61 Å². The van der Waals surface area contributed by atoms with Crippen molar-refractivity contribution in [3.05, 3.63) is 29.3 Å². The zero-order valence-electron chi connectivity index (χ0n) is 10.3. The fraction of sp³-hybridized carbons (Fsp3) is 0.500. The van der Waals surface area contributed by atoms with Gasteiger partial charge in [-0.3, -0.25) is 0 Å². The molecule has 1 aromatic rings. The maximum atomic E-state index is 11.0. The number of hydrogen-bond acceptors (Lipinski definition) is 2. The highest BCUT2D eigenvalue weighted by atomic mass is 16.5. The van der Waals surface area contributed by atoms with Crippen molar-refractivity contribution in [2.45, 2.75) is 32.6 Å². The summed E-state index contributed by atoms with van der Waals surface area (Å²) in [7, 11) is 0. The van der Waals surface area contributed by atoms with Gasteiger partial charge >= 0.3 is 5.97 Å². The topological polar surface area (TPSA) is 46.5 Å². The van der Waals surface area contributed by atoms with Crippen LogP contribution in [0, 0.1) is 5.92 Å². The Bertz CT molecular complexity index is 419. The Hall–Kier alpha value is -1.51. The normalized spacial score (nSPS) is 15.0. The van der Waals surface area contributed by atoms with Crippen LogP contribution in [0.1, 0.15) is 48.5 Å². The third-order valence-electron chi connectivity index (χ3n) is 2.81. The number of carboxylic acid groups (broad SMARTS) is 1. The number of carboxylic acids is 1. The number of benzene rings is 1. The van der Waals surface area contributed by atoms with Gasteiger partial charge in [-0.1, -0.05) is 13.8 Å². The summed E-state index contributed by atoms with van der Waals surface area (Å²) in [5, 5.41) is 9.06. The number of aromatic carboxylic acids is 1. The van der Waals surface area contributed by atoms with Crippen molar-refractivity contribution in [3.63, 3.8) is 0 Å². The van der Waals surface area contributed by atoms with E-state index in [1.54, 1.807) is 12.1 Å². The van der Waals surface area contributed by atoms with E-state index >= 15 is 0 Å². The second-order valence-electron chi connectivity index (χ2n) is 5.08. The molecule has 0 heterocycles. The second-order valence-corrected chi connectivity index (χ2v) is 5.08. The Morgan fingerprint density at radius 1 is 1.41 bits per heavy atom. The summed E-state index contributed by atoms with van der Waals surface area (Å²) in [6.07, 6.45) is 2.32. The van der Waals surface area contributed by atoms with Crippen LogP contribution < -0.4 is 4.74 Å². The Kier molecular flexibility index (Phi) is 3.36. The first-order valence-electron chi connectivity index (χ1n) is 6.07. The molecule has 0 radical (unpaired) electrons. The lowest BCUT2D eigenvalue weighted by molar-refractivity contribution is 0.0696. The molecular formula is C14H18O3. The van der Waals surface area contributed by atoms with E-state index in [1.807, 2.05) is 6.07 Å². The van der Waals surface area contributed by atoms with Gasteiger partial charge < -0.3 is 9.84 Å². The van der Waals surface area contributed by atoms with E-state index in [-0.39, 0.29) is 0 Å². The summed E-state index contributed by atoms with van der Waals surface area (Å²) >= 11 is 0. The molecule has 0 unspecified atom stereocenters. The molecule has 0 aromatic heterocycles. The van der Waals surface area contributed by atoms with Crippen LogP contribution in [0.25, 0.3) is 0 Å². The minimum absolute atomic E-state index is 0.327. The van der Waals surface area contributed by atoms with Crippen LogP contribution in [0.4, 0.5) is 0 Å². The second kappa shape index (κ2) is 4.78. The summed E-state index contributed by atoms with van der Waals surface area (Å²) in [6.45, 7) is 4.76. The van der Waals surface area contributed by atoms with Crippen LogP contribution in [0.15, 0.2) is 18.2 Å². The highest BCUT2D eigenvalue weighted by molar-refractivity contribution is 5.88. The molecule has 1 aliphatic rings. The fourth-order valence-electron chi connectivity index (χ4n) is 1.74. The molecule has 1 saturated carbocycles. The number of ether oxygens (including phenoxy) is 1. The summed E-state index contributed by atoms with van der Waals surface area (Å²) in [5.41, 5.74) is 1.43. The molecule has 2 rings (SSSR count). The molecule has 1 aromatic carbocycles. The smallest absolute Gasteiger partial charge is 0.335 e. The average molecular weight is 234 g/mol. The highest BCUT2D eigenvalue weighted by Crippen LogP contribution is 2.41. The van der Waals surface area contributed by atoms with Gasteiger partial charge in [0.05, 0.1) is 12.2 Å². The van der Waals surface area contributed by atoms with Crippen molar-refractivity contribution >= 4 is 5.97 Å². The number of hydrogen-bond donors (Lipinski definition) is 1. The molecule has 92 valence electrons. The van der Waals surface area contributed by atoms with Crippen LogP contribution in [0.5, 0.6) is 5.75 Å². The fourth-order valence-corrected chi connectivity index (χ4v) is 1.74. The highest BCUT2D eigenvalue weighted by Gasteiger charge is 2.25. The van der Waals surface area contributed by atoms with E-state index in [1.165, 1.54) is 0 Å². The summed E-state index contributed by atoms with van der Waals surface area (Å²) in [5.74, 6) is 0.769. The first-order chi connectivity index (χ1) is 8.06. The van der Waals surface area contributed by atoms with Gasteiger partial charge in [0.1, 0.15) is 5.75 Å². The van der Waals surface area contributed by atoms with E-state index in [9.17, 15) is 4.79 Å². The number of carbonyl (C=O) groups is 1. The van der Waals surface area contributed by atoms with E-state index in [0.717, 1.165) is 18.4 Å². The lowest BCUT2D eigenvalue weighted by Crippen LogP contribution is -2.06. The maximum Gasteiger partial charge on any atom is 0.335 e. The van der Waals surface area contributed by atoms with Gasteiger partial charge in [-0.15, -0.1) is 0 Å². The predicted octanol–water partition coefficient (Wildman–Crippen LogP) is 3.30. The summed E-state index contributed by atoms with van der Waals surface area (Å²) in [4.78, 5) is 11.0. The molecule has 3 nitrogen and oxygen atoms in total. The summed E-state index contributed by atoms with van der Waals surface area (Å²) < 4.78 is 5.61. The van der Waals surface area contributed by atoms with Gasteiger partial charge in [0.25, 0.3) is 0 Å². The van der Waals surface area contributed by atoms with Gasteiger partial charge in [-0.05, 0) is 48.4 Å². The summed E-state index contributed by atoms with van der Waals surface area (Å²) in [6, 6.07) is 5.35. The molecule has 0 spiro atoms. The maximum absolute atomic E-state index is 11.0. The first-order valence-corrected chi connectivity index (χ1v) is 6.07. The zero-order chi connectivity index (χ0) is 12.4. The van der Waals surface area contributed by atoms with Crippen molar-refractivity contribution < 1.29 is 14.6 Å². The van der Waals surface area contributed by atoms with Gasteiger partial charge in [0, 0.05) is 0 Å². The quantitative estimate of drug-likeness (QED) is 0.850. The Labute approximate surface area is 101 Å². The van der Waals surface area contributed by atoms with E-state index in [4.69, 9.17) is 9.84 Å². The molecule has 0 atom stereocenters. The van der Waals surface area contributed by atoms with Crippen LogP contribution in [-0.2, 0) is 0 Å². The molecule has 0 aliphatic heterocycles. The Morgan fingerprint density at radius 2 is 2.12 bits per heavy atom. The van der Waals surface area contributed by atoms with Gasteiger partial charge in [-0.2, -0.15) is 0 Å². The van der Waals surface area contributed by atoms with Crippen molar-refractivity contribution in [1.29, 1.82) is 0 Å². The molecule has 1 aliphatic carbocycles. The van der Waals surface area contributed by atoms with E-state index in [2.05, 4.69) is 13.8 Å². The Morgan fingerprint density at radius 3 is 2.65 bits per heavy atom. The van der Waals surface area contributed by atoms with Gasteiger partial charge in [0.15, 0.2) is 0 Å². The Balaban J connectivity index is 2.21. The molecule has 1 fully saturated rings. The largest absolute Gasteiger partial charge is 0.493 e. The average Bonchev–Trinajstić information content (AvgIpc) is 3.09. The van der Waals surface area contributed by atoms with Gasteiger partial charge in [-0.25, -0.2) is 4.79 Å². The minimum Gasteiger partial charge on any atom is -0.493 e. The third kappa shape index (κ3) is 3.22. The standard InChI is InChI=1S/C14H18O3/c1-9(2)8-17-13-6-11(10-3-4-10)5-12(7-13)14(15)16/h5-7,9-10H,3-4,8H2,1-2H3,(H,15,16). The monoisotopic (exact) mass is 234 g/mol. The molecule has 0 saturated heterocycles. The van der Waals surface area contributed by atoms with Crippen LogP contribution in [0.2, 0.25) is 0 Å². The van der Waals surface area contributed by atoms with Crippen molar-refractivity contribution in [3.8, 4) is 5.75 Å². The lowest BCUT2D eigenvalue weighted by atomic mass is 10.1. The predicted molar refractivity (Wildman–Crippen MR) is 65.7 cm³/mol. The zero-order valence-corrected chi connectivity index (χ0v) is 10.3. The lowest BCUT2D eigenvalue weighted by Gasteiger charge is -2.11. The number of rotatable bonds is 5. The molecule has 3 heteroatoms. The third-order valence-corrected chi connectivity index (χ3v) is 2.81. The minimum atomic E-state index is -0.887. The SMILES string of the molecule is CC(C)COc1cc(C(=O)O)cc(C2CC2)c1.